The zero-order valence-corrected chi connectivity index (χ0v) is 26.4. The molecule has 7 nitrogen and oxygen atoms in total. The lowest BCUT2D eigenvalue weighted by atomic mass is 9.90. The summed E-state index contributed by atoms with van der Waals surface area (Å²) in [5, 5.41) is 5.94. The zero-order valence-electron chi connectivity index (χ0n) is 26.4. The van der Waals surface area contributed by atoms with E-state index in [0.717, 1.165) is 48.8 Å². The molecule has 0 saturated heterocycles. The maximum Gasteiger partial charge on any atom is 0.408 e. The van der Waals surface area contributed by atoms with Gasteiger partial charge in [0.1, 0.15) is 17.7 Å². The SMILES string of the molecule is CCCCCNC(=O)C(c1c(C)cccc1C)N(C(=O)C(NC(=O)OC(C)(C)C)C(C)C)C(C)CCC(C)C. The third-order valence-corrected chi connectivity index (χ3v) is 6.92. The van der Waals surface area contributed by atoms with Crippen LogP contribution < -0.4 is 10.6 Å². The number of alkyl carbamates (subject to hydrolysis) is 1. The fourth-order valence-corrected chi connectivity index (χ4v) is 4.76. The van der Waals surface area contributed by atoms with Gasteiger partial charge in [0.15, 0.2) is 0 Å². The van der Waals surface area contributed by atoms with Crippen molar-refractivity contribution < 1.29 is 19.1 Å². The minimum absolute atomic E-state index is 0.187. The zero-order chi connectivity index (χ0) is 29.9. The fraction of sp³-hybridized carbons (Fsp3) is 0.719. The van der Waals surface area contributed by atoms with Crippen LogP contribution in [0.4, 0.5) is 4.79 Å². The summed E-state index contributed by atoms with van der Waals surface area (Å²) in [5.74, 6) is -0.223. The van der Waals surface area contributed by atoms with Gasteiger partial charge in [0, 0.05) is 12.6 Å². The molecule has 3 amide bonds. The first-order valence-electron chi connectivity index (χ1n) is 14.8. The van der Waals surface area contributed by atoms with Crippen molar-refractivity contribution in [1.29, 1.82) is 0 Å². The molecule has 39 heavy (non-hydrogen) atoms. The molecule has 222 valence electrons. The van der Waals surface area contributed by atoms with E-state index in [9.17, 15) is 14.4 Å². The Kier molecular flexibility index (Phi) is 14.0. The minimum Gasteiger partial charge on any atom is -0.444 e. The van der Waals surface area contributed by atoms with Crippen molar-refractivity contribution in [2.75, 3.05) is 6.54 Å². The van der Waals surface area contributed by atoms with E-state index in [2.05, 4.69) is 31.4 Å². The number of amides is 3. The van der Waals surface area contributed by atoms with Gasteiger partial charge in [-0.25, -0.2) is 4.79 Å². The molecule has 0 aliphatic heterocycles. The molecule has 1 rings (SSSR count). The van der Waals surface area contributed by atoms with Gasteiger partial charge in [0.2, 0.25) is 11.8 Å². The van der Waals surface area contributed by atoms with Crippen LogP contribution in [0.1, 0.15) is 117 Å². The fourth-order valence-electron chi connectivity index (χ4n) is 4.76. The second-order valence-corrected chi connectivity index (χ2v) is 12.6. The number of rotatable bonds is 14. The van der Waals surface area contributed by atoms with E-state index in [1.807, 2.05) is 52.8 Å². The number of unbranched alkanes of at least 4 members (excludes halogenated alkanes) is 2. The largest absolute Gasteiger partial charge is 0.444 e. The number of nitrogens with zero attached hydrogens (tertiary/aromatic N) is 1. The summed E-state index contributed by atoms with van der Waals surface area (Å²) in [6.45, 7) is 22.1. The number of carbonyl (C=O) groups is 3. The number of nitrogens with one attached hydrogen (secondary N) is 2. The van der Waals surface area contributed by atoms with Crippen molar-refractivity contribution in [3.63, 3.8) is 0 Å². The molecule has 0 radical (unpaired) electrons. The van der Waals surface area contributed by atoms with Crippen LogP contribution in [0.25, 0.3) is 0 Å². The van der Waals surface area contributed by atoms with E-state index >= 15 is 0 Å². The summed E-state index contributed by atoms with van der Waals surface area (Å²) in [5.41, 5.74) is 2.06. The number of carbonyl (C=O) groups excluding carboxylic acids is 3. The molecule has 0 saturated carbocycles. The van der Waals surface area contributed by atoms with E-state index in [-0.39, 0.29) is 23.8 Å². The summed E-state index contributed by atoms with van der Waals surface area (Å²) >= 11 is 0. The molecule has 3 atom stereocenters. The highest BCUT2D eigenvalue weighted by Crippen LogP contribution is 2.32. The molecule has 0 heterocycles. The van der Waals surface area contributed by atoms with Gasteiger partial charge in [-0.2, -0.15) is 0 Å². The highest BCUT2D eigenvalue weighted by atomic mass is 16.6. The molecule has 3 unspecified atom stereocenters. The first kappa shape index (κ1) is 34.5. The van der Waals surface area contributed by atoms with Gasteiger partial charge in [0.25, 0.3) is 0 Å². The van der Waals surface area contributed by atoms with Gasteiger partial charge in [-0.1, -0.05) is 65.7 Å². The van der Waals surface area contributed by atoms with Crippen LogP contribution in [0.2, 0.25) is 0 Å². The predicted molar refractivity (Wildman–Crippen MR) is 160 cm³/mol. The third-order valence-electron chi connectivity index (χ3n) is 6.92. The average molecular weight is 546 g/mol. The van der Waals surface area contributed by atoms with Crippen LogP contribution in [0.5, 0.6) is 0 Å². The van der Waals surface area contributed by atoms with Crippen LogP contribution in [-0.2, 0) is 14.3 Å². The number of benzene rings is 1. The smallest absolute Gasteiger partial charge is 0.408 e. The summed E-state index contributed by atoms with van der Waals surface area (Å²) in [6, 6.07) is 4.05. The molecule has 1 aromatic rings. The Morgan fingerprint density at radius 2 is 1.54 bits per heavy atom. The maximum atomic E-state index is 14.5. The Balaban J connectivity index is 3.64. The highest BCUT2D eigenvalue weighted by Gasteiger charge is 2.40. The summed E-state index contributed by atoms with van der Waals surface area (Å²) in [6.07, 6.45) is 3.97. The van der Waals surface area contributed by atoms with Gasteiger partial charge in [-0.05, 0) is 89.3 Å². The first-order valence-corrected chi connectivity index (χ1v) is 14.8. The molecule has 0 bridgehead atoms. The number of ether oxygens (including phenoxy) is 1. The van der Waals surface area contributed by atoms with Crippen LogP contribution >= 0.6 is 0 Å². The van der Waals surface area contributed by atoms with E-state index in [4.69, 9.17) is 4.74 Å². The van der Waals surface area contributed by atoms with Crippen molar-refractivity contribution in [2.24, 2.45) is 11.8 Å². The van der Waals surface area contributed by atoms with Crippen molar-refractivity contribution in [3.8, 4) is 0 Å². The molecule has 1 aromatic carbocycles. The Labute approximate surface area is 237 Å². The maximum absolute atomic E-state index is 14.5. The normalized spacial score (nSPS) is 14.1. The first-order chi connectivity index (χ1) is 18.1. The predicted octanol–water partition coefficient (Wildman–Crippen LogP) is 6.85. The molecule has 0 spiro atoms. The quantitative estimate of drug-likeness (QED) is 0.250. The van der Waals surface area contributed by atoms with Crippen LogP contribution in [0, 0.1) is 25.7 Å². The Morgan fingerprint density at radius 3 is 2.03 bits per heavy atom. The van der Waals surface area contributed by atoms with Crippen LogP contribution in [0.3, 0.4) is 0 Å². The van der Waals surface area contributed by atoms with Gasteiger partial charge < -0.3 is 20.3 Å². The number of hydrogen-bond donors (Lipinski definition) is 2. The molecule has 0 aliphatic carbocycles. The minimum atomic E-state index is -0.846. The van der Waals surface area contributed by atoms with Crippen LogP contribution in [-0.4, -0.2) is 47.0 Å². The summed E-state index contributed by atoms with van der Waals surface area (Å²) in [4.78, 5) is 43.0. The van der Waals surface area contributed by atoms with E-state index in [1.165, 1.54) is 0 Å². The molecular formula is C32H55N3O4. The summed E-state index contributed by atoms with van der Waals surface area (Å²) in [7, 11) is 0. The van der Waals surface area contributed by atoms with Crippen LogP contribution in [0.15, 0.2) is 18.2 Å². The molecule has 0 aromatic heterocycles. The lowest BCUT2D eigenvalue weighted by molar-refractivity contribution is -0.146. The van der Waals surface area contributed by atoms with Gasteiger partial charge >= 0.3 is 6.09 Å². The monoisotopic (exact) mass is 545 g/mol. The van der Waals surface area contributed by atoms with Gasteiger partial charge in [-0.3, -0.25) is 9.59 Å². The van der Waals surface area contributed by atoms with Crippen molar-refractivity contribution in [1.82, 2.24) is 15.5 Å². The molecule has 0 fully saturated rings. The highest BCUT2D eigenvalue weighted by molar-refractivity contribution is 5.93. The van der Waals surface area contributed by atoms with Crippen molar-refractivity contribution in [3.05, 3.63) is 34.9 Å². The molecule has 0 aliphatic rings. The second kappa shape index (κ2) is 15.9. The number of hydrogen-bond acceptors (Lipinski definition) is 4. The molecular weight excluding hydrogens is 490 g/mol. The standard InChI is InChI=1S/C32H55N3O4/c1-12-13-14-20-33-29(36)28(26-23(6)16-15-17-24(26)7)35(25(8)19-18-21(2)3)30(37)27(22(4)5)34-31(38)39-32(9,10)11/h15-17,21-22,25,27-28H,12-14,18-20H2,1-11H3,(H,33,36)(H,34,38). The van der Waals surface area contributed by atoms with Crippen molar-refractivity contribution >= 4 is 17.9 Å². The third kappa shape index (κ3) is 11.2. The van der Waals surface area contributed by atoms with E-state index < -0.39 is 23.8 Å². The van der Waals surface area contributed by atoms with Gasteiger partial charge in [0.05, 0.1) is 0 Å². The van der Waals surface area contributed by atoms with E-state index in [0.29, 0.717) is 12.5 Å². The lowest BCUT2D eigenvalue weighted by Gasteiger charge is -2.40. The van der Waals surface area contributed by atoms with E-state index in [1.54, 1.807) is 25.7 Å². The Morgan fingerprint density at radius 1 is 0.949 bits per heavy atom. The number of aryl methyl sites for hydroxylation is 2. The van der Waals surface area contributed by atoms with Gasteiger partial charge in [-0.15, -0.1) is 0 Å². The lowest BCUT2D eigenvalue weighted by Crippen LogP contribution is -2.57. The molecule has 7 heteroatoms. The molecule has 2 N–H and O–H groups in total. The topological polar surface area (TPSA) is 87.7 Å². The Bertz CT molecular complexity index is 916. The Hall–Kier alpha value is -2.57. The second-order valence-electron chi connectivity index (χ2n) is 12.6. The van der Waals surface area contributed by atoms with Crippen molar-refractivity contribution in [2.45, 2.75) is 132 Å². The average Bonchev–Trinajstić information content (AvgIpc) is 2.81. The summed E-state index contributed by atoms with van der Waals surface area (Å²) < 4.78 is 5.49.